The molecule has 1 fully saturated rings. The van der Waals surface area contributed by atoms with Crippen LogP contribution in [0.4, 0.5) is 8.78 Å². The fraction of sp³-hybridized carbons (Fsp3) is 0.500. The van der Waals surface area contributed by atoms with Crippen molar-refractivity contribution in [2.24, 2.45) is 0 Å². The molecule has 0 radical (unpaired) electrons. The highest BCUT2D eigenvalue weighted by Crippen LogP contribution is 2.36. The van der Waals surface area contributed by atoms with Crippen LogP contribution in [0, 0.1) is 0 Å². The van der Waals surface area contributed by atoms with E-state index in [-0.39, 0.29) is 12.5 Å². The molecule has 1 aliphatic rings. The number of halogens is 2. The zero-order valence-corrected chi connectivity index (χ0v) is 12.4. The number of rotatable bonds is 6. The number of nitrogens with zero attached hydrogens (tertiary/aromatic N) is 1. The Kier molecular flexibility index (Phi) is 5.11. The second kappa shape index (κ2) is 6.85. The molecule has 6 heteroatoms. The van der Waals surface area contributed by atoms with E-state index in [1.165, 1.54) is 11.8 Å². The van der Waals surface area contributed by atoms with Crippen molar-refractivity contribution in [3.8, 4) is 0 Å². The molecule has 120 valence electrons. The zero-order chi connectivity index (χ0) is 16.2. The molecule has 1 aromatic rings. The quantitative estimate of drug-likeness (QED) is 0.759. The monoisotopic (exact) mass is 311 g/mol. The number of benzene rings is 1. The maximum absolute atomic E-state index is 14.1. The molecule has 22 heavy (non-hydrogen) atoms. The van der Waals surface area contributed by atoms with Crippen LogP contribution in [0.1, 0.15) is 37.8 Å². The summed E-state index contributed by atoms with van der Waals surface area (Å²) in [6, 6.07) is 7.79. The molecule has 1 saturated heterocycles. The molecule has 1 aromatic carbocycles. The molecule has 0 aliphatic carbocycles. The van der Waals surface area contributed by atoms with Gasteiger partial charge in [0.05, 0.1) is 12.6 Å². The van der Waals surface area contributed by atoms with Gasteiger partial charge in [-0.05, 0) is 18.9 Å². The van der Waals surface area contributed by atoms with Gasteiger partial charge in [-0.25, -0.2) is 4.79 Å². The molecule has 0 aromatic heterocycles. The summed E-state index contributed by atoms with van der Waals surface area (Å²) in [5, 5.41) is 0. The van der Waals surface area contributed by atoms with Crippen LogP contribution < -0.4 is 0 Å². The standard InChI is InChI=1S/C16H19F2NO3/c1-2-22-15(21)16(17,18)11-13(12-7-4-3-5-8-12)19-10-6-9-14(19)20/h3-5,7-8,13H,2,6,9-11H2,1H3. The molecule has 1 aliphatic heterocycles. The fourth-order valence-corrected chi connectivity index (χ4v) is 2.64. The van der Waals surface area contributed by atoms with Gasteiger partial charge in [0.2, 0.25) is 5.91 Å². The first kappa shape index (κ1) is 16.4. The van der Waals surface area contributed by atoms with Crippen molar-refractivity contribution in [2.75, 3.05) is 13.2 Å². The molecule has 4 nitrogen and oxygen atoms in total. The highest BCUT2D eigenvalue weighted by molar-refractivity contribution is 5.80. The summed E-state index contributed by atoms with van der Waals surface area (Å²) in [5.41, 5.74) is 0.599. The Hall–Kier alpha value is -1.98. The van der Waals surface area contributed by atoms with Crippen LogP contribution in [-0.2, 0) is 14.3 Å². The number of hydrogen-bond donors (Lipinski definition) is 0. The minimum Gasteiger partial charge on any atom is -0.462 e. The third-order valence-corrected chi connectivity index (χ3v) is 3.69. The zero-order valence-electron chi connectivity index (χ0n) is 12.4. The molecule has 0 saturated carbocycles. The predicted octanol–water partition coefficient (Wildman–Crippen LogP) is 2.94. The van der Waals surface area contributed by atoms with Gasteiger partial charge in [0, 0.05) is 19.4 Å². The maximum Gasteiger partial charge on any atom is 0.377 e. The van der Waals surface area contributed by atoms with Crippen molar-refractivity contribution in [1.82, 2.24) is 4.90 Å². The van der Waals surface area contributed by atoms with E-state index in [1.807, 2.05) is 0 Å². The summed E-state index contributed by atoms with van der Waals surface area (Å²) in [7, 11) is 0. The van der Waals surface area contributed by atoms with Crippen LogP contribution in [0.15, 0.2) is 30.3 Å². The Morgan fingerprint density at radius 2 is 2.05 bits per heavy atom. The molecule has 0 spiro atoms. The second-order valence-electron chi connectivity index (χ2n) is 5.25. The third-order valence-electron chi connectivity index (χ3n) is 3.69. The Bertz CT molecular complexity index is 533. The van der Waals surface area contributed by atoms with E-state index in [9.17, 15) is 18.4 Å². The minimum atomic E-state index is -3.63. The first-order valence-electron chi connectivity index (χ1n) is 7.35. The lowest BCUT2D eigenvalue weighted by atomic mass is 9.98. The predicted molar refractivity (Wildman–Crippen MR) is 76.3 cm³/mol. The SMILES string of the molecule is CCOC(=O)C(F)(F)CC(c1ccccc1)N1CCCC1=O. The minimum absolute atomic E-state index is 0.104. The van der Waals surface area contributed by atoms with Crippen LogP contribution in [0.2, 0.25) is 0 Å². The molecule has 1 heterocycles. The first-order valence-corrected chi connectivity index (χ1v) is 7.35. The summed E-state index contributed by atoms with van der Waals surface area (Å²) in [4.78, 5) is 24.8. The maximum atomic E-state index is 14.1. The van der Waals surface area contributed by atoms with Gasteiger partial charge in [-0.15, -0.1) is 0 Å². The van der Waals surface area contributed by atoms with Crippen molar-refractivity contribution >= 4 is 11.9 Å². The number of hydrogen-bond acceptors (Lipinski definition) is 3. The molecule has 1 amide bonds. The van der Waals surface area contributed by atoms with Gasteiger partial charge in [0.1, 0.15) is 0 Å². The van der Waals surface area contributed by atoms with Gasteiger partial charge in [0.15, 0.2) is 0 Å². The topological polar surface area (TPSA) is 46.6 Å². The summed E-state index contributed by atoms with van der Waals surface area (Å²) in [6.07, 6.45) is 0.239. The Morgan fingerprint density at radius 1 is 1.36 bits per heavy atom. The van der Waals surface area contributed by atoms with Crippen molar-refractivity contribution < 1.29 is 23.1 Å². The summed E-state index contributed by atoms with van der Waals surface area (Å²) >= 11 is 0. The van der Waals surface area contributed by atoms with E-state index in [1.54, 1.807) is 30.3 Å². The Balaban J connectivity index is 2.25. The lowest BCUT2D eigenvalue weighted by molar-refractivity contribution is -0.175. The van der Waals surface area contributed by atoms with Crippen molar-refractivity contribution in [1.29, 1.82) is 0 Å². The van der Waals surface area contributed by atoms with Crippen LogP contribution in [-0.4, -0.2) is 35.9 Å². The van der Waals surface area contributed by atoms with Crippen molar-refractivity contribution in [2.45, 2.75) is 38.2 Å². The second-order valence-corrected chi connectivity index (χ2v) is 5.25. The lowest BCUT2D eigenvalue weighted by Gasteiger charge is -2.30. The van der Waals surface area contributed by atoms with E-state index in [2.05, 4.69) is 4.74 Å². The van der Waals surface area contributed by atoms with Crippen LogP contribution in [0.3, 0.4) is 0 Å². The summed E-state index contributed by atoms with van der Waals surface area (Å²) < 4.78 is 32.7. The molecule has 1 atom stereocenters. The molecule has 0 bridgehead atoms. The first-order chi connectivity index (χ1) is 10.5. The van der Waals surface area contributed by atoms with Crippen molar-refractivity contribution in [3.05, 3.63) is 35.9 Å². The van der Waals surface area contributed by atoms with E-state index < -0.39 is 24.4 Å². The highest BCUT2D eigenvalue weighted by Gasteiger charge is 2.45. The van der Waals surface area contributed by atoms with Crippen molar-refractivity contribution in [3.63, 3.8) is 0 Å². The molecular formula is C16H19F2NO3. The molecule has 2 rings (SSSR count). The van der Waals surface area contributed by atoms with Gasteiger partial charge in [0.25, 0.3) is 0 Å². The number of carbonyl (C=O) groups excluding carboxylic acids is 2. The molecule has 1 unspecified atom stereocenters. The number of esters is 1. The number of likely N-dealkylation sites (tertiary alicyclic amines) is 1. The number of amides is 1. The van der Waals surface area contributed by atoms with Gasteiger partial charge in [-0.3, -0.25) is 4.79 Å². The van der Waals surface area contributed by atoms with E-state index in [4.69, 9.17) is 0 Å². The molecular weight excluding hydrogens is 292 g/mol. The number of alkyl halides is 2. The van der Waals surface area contributed by atoms with Crippen LogP contribution >= 0.6 is 0 Å². The van der Waals surface area contributed by atoms with Gasteiger partial charge in [-0.1, -0.05) is 30.3 Å². The van der Waals surface area contributed by atoms with Gasteiger partial charge >= 0.3 is 11.9 Å². The average molecular weight is 311 g/mol. The smallest absolute Gasteiger partial charge is 0.377 e. The third kappa shape index (κ3) is 3.61. The summed E-state index contributed by atoms with van der Waals surface area (Å²) in [6.45, 7) is 1.80. The van der Waals surface area contributed by atoms with Crippen LogP contribution in [0.25, 0.3) is 0 Å². The fourth-order valence-electron chi connectivity index (χ4n) is 2.64. The van der Waals surface area contributed by atoms with Gasteiger partial charge in [-0.2, -0.15) is 8.78 Å². The van der Waals surface area contributed by atoms with E-state index in [0.29, 0.717) is 24.9 Å². The molecule has 0 N–H and O–H groups in total. The Morgan fingerprint density at radius 3 is 2.59 bits per heavy atom. The Labute approximate surface area is 128 Å². The number of ether oxygens (including phenoxy) is 1. The van der Waals surface area contributed by atoms with Crippen LogP contribution in [0.5, 0.6) is 0 Å². The largest absolute Gasteiger partial charge is 0.462 e. The normalized spacial score (nSPS) is 16.7. The lowest BCUT2D eigenvalue weighted by Crippen LogP contribution is -2.39. The van der Waals surface area contributed by atoms with E-state index >= 15 is 0 Å². The summed E-state index contributed by atoms with van der Waals surface area (Å²) in [5.74, 6) is -5.32. The number of carbonyl (C=O) groups is 2. The average Bonchev–Trinajstić information content (AvgIpc) is 2.92. The van der Waals surface area contributed by atoms with E-state index in [0.717, 1.165) is 0 Å². The van der Waals surface area contributed by atoms with Gasteiger partial charge < -0.3 is 9.64 Å². The highest BCUT2D eigenvalue weighted by atomic mass is 19.3.